The molecule has 0 atom stereocenters. The molecule has 1 aliphatic carbocycles. The maximum atomic E-state index is 13.8. The highest BCUT2D eigenvalue weighted by atomic mass is 16.2. The summed E-state index contributed by atoms with van der Waals surface area (Å²) in [6.07, 6.45) is 7.12. The molecule has 0 unspecified atom stereocenters. The molecule has 0 radical (unpaired) electrons. The van der Waals surface area contributed by atoms with E-state index in [0.717, 1.165) is 73.9 Å². The molecule has 0 saturated carbocycles. The molecule has 5 rings (SSSR count). The summed E-state index contributed by atoms with van der Waals surface area (Å²) < 4.78 is 0. The normalized spacial score (nSPS) is 12.7. The number of aromatic nitrogens is 2. The third-order valence-electron chi connectivity index (χ3n) is 7.06. The smallest absolute Gasteiger partial charge is 0.254 e. The molecule has 0 bridgehead atoms. The second-order valence-corrected chi connectivity index (χ2v) is 9.56. The van der Waals surface area contributed by atoms with E-state index in [1.807, 2.05) is 35.2 Å². The number of amides is 1. The predicted octanol–water partition coefficient (Wildman–Crippen LogP) is 5.41. The van der Waals surface area contributed by atoms with Crippen LogP contribution in [0.5, 0.6) is 0 Å². The molecule has 4 aromatic rings. The Morgan fingerprint density at radius 1 is 0.857 bits per heavy atom. The number of para-hydroxylation sites is 2. The molecule has 0 spiro atoms. The first-order valence-electron chi connectivity index (χ1n) is 12.8. The summed E-state index contributed by atoms with van der Waals surface area (Å²) in [4.78, 5) is 23.8. The largest absolute Gasteiger partial charge is 0.340 e. The van der Waals surface area contributed by atoms with Crippen LogP contribution in [0.2, 0.25) is 0 Å². The Hall–Kier alpha value is -3.44. The molecule has 3 aromatic carbocycles. The molecule has 1 aromatic heterocycles. The van der Waals surface area contributed by atoms with Crippen LogP contribution in [0, 0.1) is 0 Å². The lowest BCUT2D eigenvalue weighted by Gasteiger charge is -2.22. The summed E-state index contributed by atoms with van der Waals surface area (Å²) in [5.74, 6) is 0.898. The van der Waals surface area contributed by atoms with Gasteiger partial charge in [0.1, 0.15) is 5.82 Å². The highest BCUT2D eigenvalue weighted by Gasteiger charge is 2.20. The van der Waals surface area contributed by atoms with E-state index >= 15 is 0 Å². The van der Waals surface area contributed by atoms with Crippen LogP contribution in [0.25, 0.3) is 11.0 Å². The highest BCUT2D eigenvalue weighted by molar-refractivity contribution is 5.94. The quantitative estimate of drug-likeness (QED) is 0.324. The number of rotatable bonds is 9. The first kappa shape index (κ1) is 23.3. The van der Waals surface area contributed by atoms with Crippen LogP contribution in [0.1, 0.15) is 64.1 Å². The van der Waals surface area contributed by atoms with Crippen molar-refractivity contribution in [2.24, 2.45) is 5.73 Å². The maximum absolute atomic E-state index is 13.8. The van der Waals surface area contributed by atoms with E-state index in [-0.39, 0.29) is 5.91 Å². The standard InChI is InChI=1S/C30H34N4O/c31-17-7-1-2-8-18-34(21-29-32-27-11-5-6-12-28(27)33-29)30(35)25-16-15-23-14-13-22-9-3-4-10-24(22)19-26(23)20-25/h3-6,9-12,15-16,20H,1-2,7-8,13-14,17-19,21,31H2,(H,32,33). The fraction of sp³-hybridized carbons (Fsp3) is 0.333. The number of hydrogen-bond donors (Lipinski definition) is 2. The Morgan fingerprint density at radius 2 is 1.60 bits per heavy atom. The Labute approximate surface area is 207 Å². The average molecular weight is 467 g/mol. The lowest BCUT2D eigenvalue weighted by atomic mass is 9.98. The van der Waals surface area contributed by atoms with Gasteiger partial charge in [-0.2, -0.15) is 0 Å². The molecule has 5 heteroatoms. The molecule has 180 valence electrons. The summed E-state index contributed by atoms with van der Waals surface area (Å²) >= 11 is 0. The van der Waals surface area contributed by atoms with E-state index in [9.17, 15) is 4.79 Å². The summed E-state index contributed by atoms with van der Waals surface area (Å²) in [6.45, 7) is 1.91. The zero-order valence-corrected chi connectivity index (χ0v) is 20.3. The monoisotopic (exact) mass is 466 g/mol. The summed E-state index contributed by atoms with van der Waals surface area (Å²) in [5, 5.41) is 0. The number of carbonyl (C=O) groups is 1. The number of nitrogens with zero attached hydrogens (tertiary/aromatic N) is 2. The van der Waals surface area contributed by atoms with Crippen LogP contribution in [0.15, 0.2) is 66.7 Å². The van der Waals surface area contributed by atoms with Crippen molar-refractivity contribution in [2.45, 2.75) is 51.5 Å². The SMILES string of the molecule is NCCCCCCN(Cc1nc2ccccc2[nH]1)C(=O)c1ccc2c(c1)Cc1ccccc1CC2. The molecule has 0 saturated heterocycles. The van der Waals surface area contributed by atoms with Gasteiger partial charge in [-0.25, -0.2) is 4.98 Å². The molecule has 0 fully saturated rings. The Kier molecular flexibility index (Phi) is 7.24. The predicted molar refractivity (Wildman–Crippen MR) is 141 cm³/mol. The molecular weight excluding hydrogens is 432 g/mol. The van der Waals surface area contributed by atoms with Crippen LogP contribution in [0.4, 0.5) is 0 Å². The van der Waals surface area contributed by atoms with Gasteiger partial charge in [0.15, 0.2) is 0 Å². The van der Waals surface area contributed by atoms with Gasteiger partial charge in [-0.1, -0.05) is 55.3 Å². The zero-order valence-electron chi connectivity index (χ0n) is 20.3. The van der Waals surface area contributed by atoms with Crippen molar-refractivity contribution in [1.82, 2.24) is 14.9 Å². The summed E-state index contributed by atoms with van der Waals surface area (Å²) in [5.41, 5.74) is 13.8. The third-order valence-corrected chi connectivity index (χ3v) is 7.06. The van der Waals surface area contributed by atoms with E-state index in [4.69, 9.17) is 10.7 Å². The van der Waals surface area contributed by atoms with Crippen LogP contribution in [-0.2, 0) is 25.8 Å². The summed E-state index contributed by atoms with van der Waals surface area (Å²) in [7, 11) is 0. The van der Waals surface area contributed by atoms with E-state index in [1.54, 1.807) is 0 Å². The Morgan fingerprint density at radius 3 is 2.43 bits per heavy atom. The minimum atomic E-state index is 0.0737. The van der Waals surface area contributed by atoms with E-state index in [0.29, 0.717) is 13.1 Å². The first-order valence-corrected chi connectivity index (χ1v) is 12.8. The van der Waals surface area contributed by atoms with Gasteiger partial charge in [0.25, 0.3) is 5.91 Å². The first-order chi connectivity index (χ1) is 17.2. The molecule has 1 amide bonds. The molecular formula is C30H34N4O. The number of imidazole rings is 1. The van der Waals surface area contributed by atoms with Gasteiger partial charge >= 0.3 is 0 Å². The van der Waals surface area contributed by atoms with Gasteiger partial charge in [-0.3, -0.25) is 4.79 Å². The van der Waals surface area contributed by atoms with Crippen LogP contribution in [0.3, 0.4) is 0 Å². The Balaban J connectivity index is 1.37. The summed E-state index contributed by atoms with van der Waals surface area (Å²) in [6, 6.07) is 23.0. The third kappa shape index (κ3) is 5.46. The minimum absolute atomic E-state index is 0.0737. The molecule has 35 heavy (non-hydrogen) atoms. The van der Waals surface area contributed by atoms with E-state index < -0.39 is 0 Å². The number of unbranched alkanes of at least 4 members (excludes halogenated alkanes) is 3. The number of hydrogen-bond acceptors (Lipinski definition) is 3. The molecule has 1 heterocycles. The van der Waals surface area contributed by atoms with Crippen molar-refractivity contribution >= 4 is 16.9 Å². The topological polar surface area (TPSA) is 75.0 Å². The van der Waals surface area contributed by atoms with Gasteiger partial charge < -0.3 is 15.6 Å². The highest BCUT2D eigenvalue weighted by Crippen LogP contribution is 2.26. The van der Waals surface area contributed by atoms with Crippen molar-refractivity contribution < 1.29 is 4.79 Å². The second-order valence-electron chi connectivity index (χ2n) is 9.56. The number of benzene rings is 3. The number of aromatic amines is 1. The van der Waals surface area contributed by atoms with Gasteiger partial charge in [0, 0.05) is 12.1 Å². The zero-order chi connectivity index (χ0) is 24.0. The van der Waals surface area contributed by atoms with Crippen LogP contribution >= 0.6 is 0 Å². The fourth-order valence-electron chi connectivity index (χ4n) is 5.11. The number of fused-ring (bicyclic) bond motifs is 3. The minimum Gasteiger partial charge on any atom is -0.340 e. The van der Waals surface area contributed by atoms with Gasteiger partial charge in [-0.15, -0.1) is 0 Å². The number of carbonyl (C=O) groups excluding carboxylic acids is 1. The number of nitrogens with two attached hydrogens (primary N) is 1. The average Bonchev–Trinajstić information content (AvgIpc) is 3.20. The van der Waals surface area contributed by atoms with Gasteiger partial charge in [-0.05, 0) is 85.2 Å². The van der Waals surface area contributed by atoms with E-state index in [2.05, 4.69) is 41.4 Å². The fourth-order valence-corrected chi connectivity index (χ4v) is 5.11. The lowest BCUT2D eigenvalue weighted by Crippen LogP contribution is -2.32. The maximum Gasteiger partial charge on any atom is 0.254 e. The molecule has 0 aliphatic heterocycles. The van der Waals surface area contributed by atoms with Gasteiger partial charge in [0.2, 0.25) is 0 Å². The molecule has 1 aliphatic rings. The number of H-pyrrole nitrogens is 1. The number of nitrogens with one attached hydrogen (secondary N) is 1. The lowest BCUT2D eigenvalue weighted by molar-refractivity contribution is 0.0736. The van der Waals surface area contributed by atoms with Gasteiger partial charge in [0.05, 0.1) is 17.6 Å². The molecule has 3 N–H and O–H groups in total. The Bertz CT molecular complexity index is 1280. The van der Waals surface area contributed by atoms with Crippen molar-refractivity contribution in [3.05, 3.63) is 100 Å². The van der Waals surface area contributed by atoms with Crippen molar-refractivity contribution in [2.75, 3.05) is 13.1 Å². The van der Waals surface area contributed by atoms with Crippen molar-refractivity contribution in [1.29, 1.82) is 0 Å². The van der Waals surface area contributed by atoms with Crippen molar-refractivity contribution in [3.63, 3.8) is 0 Å². The van der Waals surface area contributed by atoms with Crippen molar-refractivity contribution in [3.8, 4) is 0 Å². The van der Waals surface area contributed by atoms with Crippen LogP contribution in [-0.4, -0.2) is 33.9 Å². The van der Waals surface area contributed by atoms with E-state index in [1.165, 1.54) is 22.3 Å². The van der Waals surface area contributed by atoms with Crippen LogP contribution < -0.4 is 5.73 Å². The second kappa shape index (κ2) is 10.9. The number of aryl methyl sites for hydroxylation is 2. The molecule has 5 nitrogen and oxygen atoms in total.